The number of methoxy groups -OCH3 is 1. The van der Waals surface area contributed by atoms with Gasteiger partial charge in [0.15, 0.2) is 0 Å². The van der Waals surface area contributed by atoms with Crippen molar-refractivity contribution in [3.8, 4) is 5.75 Å². The quantitative estimate of drug-likeness (QED) is 0.316. The molecule has 0 aromatic heterocycles. The van der Waals surface area contributed by atoms with E-state index in [2.05, 4.69) is 0 Å². The molecule has 0 fully saturated rings. The smallest absolute Gasteiger partial charge is 0.339 e. The van der Waals surface area contributed by atoms with Crippen LogP contribution in [0.25, 0.3) is 11.6 Å². The average Bonchev–Trinajstić information content (AvgIpc) is 2.72. The van der Waals surface area contributed by atoms with E-state index in [1.807, 2.05) is 72.8 Å². The Kier molecular flexibility index (Phi) is 6.29. The molecule has 0 saturated heterocycles. The second-order valence-electron chi connectivity index (χ2n) is 5.87. The zero-order chi connectivity index (χ0) is 19.1. The van der Waals surface area contributed by atoms with Crippen molar-refractivity contribution >= 4 is 29.2 Å². The van der Waals surface area contributed by atoms with Crippen molar-refractivity contribution in [2.75, 3.05) is 7.11 Å². The highest BCUT2D eigenvalue weighted by atomic mass is 35.5. The lowest BCUT2D eigenvalue weighted by atomic mass is 10.0. The van der Waals surface area contributed by atoms with Gasteiger partial charge in [-0.3, -0.25) is 0 Å². The Morgan fingerprint density at radius 3 is 2.44 bits per heavy atom. The molecule has 0 unspecified atom stereocenters. The number of hydrogen-bond acceptors (Lipinski definition) is 3. The maximum absolute atomic E-state index is 12.8. The van der Waals surface area contributed by atoms with Gasteiger partial charge in [-0.1, -0.05) is 72.3 Å². The number of halogens is 1. The van der Waals surface area contributed by atoms with E-state index in [1.54, 1.807) is 19.3 Å². The number of carbonyl (C=O) groups is 1. The Labute approximate surface area is 163 Å². The van der Waals surface area contributed by atoms with E-state index < -0.39 is 5.97 Å². The summed E-state index contributed by atoms with van der Waals surface area (Å²) in [4.78, 5) is 12.8. The van der Waals surface area contributed by atoms with E-state index in [4.69, 9.17) is 21.1 Å². The summed E-state index contributed by atoms with van der Waals surface area (Å²) < 4.78 is 10.8. The number of esters is 1. The third-order valence-electron chi connectivity index (χ3n) is 4.03. The van der Waals surface area contributed by atoms with Crippen LogP contribution >= 0.6 is 11.6 Å². The molecular formula is C23H19ClO3. The molecule has 0 aliphatic carbocycles. The van der Waals surface area contributed by atoms with Crippen LogP contribution in [-0.4, -0.2) is 13.1 Å². The summed E-state index contributed by atoms with van der Waals surface area (Å²) in [5, 5.41) is 0.573. The SMILES string of the molecule is COc1cccc(/C=C(\C(=O)OCc2ccccc2Cl)c2ccccc2)c1. The van der Waals surface area contributed by atoms with Crippen LogP contribution < -0.4 is 4.74 Å². The first-order valence-electron chi connectivity index (χ1n) is 8.49. The third-order valence-corrected chi connectivity index (χ3v) is 4.39. The van der Waals surface area contributed by atoms with Gasteiger partial charge in [-0.05, 0) is 35.4 Å². The van der Waals surface area contributed by atoms with Crippen LogP contribution in [-0.2, 0) is 16.1 Å². The first-order valence-corrected chi connectivity index (χ1v) is 8.87. The minimum Gasteiger partial charge on any atom is -0.497 e. The zero-order valence-electron chi connectivity index (χ0n) is 14.9. The van der Waals surface area contributed by atoms with Gasteiger partial charge in [0.1, 0.15) is 12.4 Å². The Balaban J connectivity index is 1.89. The lowest BCUT2D eigenvalue weighted by molar-refractivity contribution is -0.137. The molecule has 0 N–H and O–H groups in total. The van der Waals surface area contributed by atoms with Gasteiger partial charge >= 0.3 is 5.97 Å². The average molecular weight is 379 g/mol. The van der Waals surface area contributed by atoms with Gasteiger partial charge in [0.2, 0.25) is 0 Å². The molecular weight excluding hydrogens is 360 g/mol. The molecule has 3 aromatic carbocycles. The first kappa shape index (κ1) is 18.7. The standard InChI is InChI=1S/C23H19ClO3/c1-26-20-12-7-8-17(14-20)15-21(18-9-3-2-4-10-18)23(25)27-16-19-11-5-6-13-22(19)24/h2-15H,16H2,1H3/b21-15-. The molecule has 0 spiro atoms. The summed E-state index contributed by atoms with van der Waals surface area (Å²) in [7, 11) is 1.61. The van der Waals surface area contributed by atoms with E-state index in [0.29, 0.717) is 10.6 Å². The highest BCUT2D eigenvalue weighted by molar-refractivity contribution is 6.31. The fourth-order valence-corrected chi connectivity index (χ4v) is 2.80. The molecule has 3 aromatic rings. The first-order chi connectivity index (χ1) is 13.2. The predicted octanol–water partition coefficient (Wildman–Crippen LogP) is 5.63. The van der Waals surface area contributed by atoms with E-state index in [9.17, 15) is 4.79 Å². The highest BCUT2D eigenvalue weighted by Crippen LogP contribution is 2.23. The number of carbonyl (C=O) groups excluding carboxylic acids is 1. The summed E-state index contributed by atoms with van der Waals surface area (Å²) in [6.07, 6.45) is 1.80. The van der Waals surface area contributed by atoms with Crippen LogP contribution in [0.3, 0.4) is 0 Å². The van der Waals surface area contributed by atoms with Crippen molar-refractivity contribution in [3.05, 3.63) is 101 Å². The van der Waals surface area contributed by atoms with Gasteiger partial charge in [0.05, 0.1) is 12.7 Å². The summed E-state index contributed by atoms with van der Waals surface area (Å²) in [6.45, 7) is 0.112. The van der Waals surface area contributed by atoms with Gasteiger partial charge < -0.3 is 9.47 Å². The monoisotopic (exact) mass is 378 g/mol. The lowest BCUT2D eigenvalue weighted by Crippen LogP contribution is -2.07. The lowest BCUT2D eigenvalue weighted by Gasteiger charge is -2.10. The molecule has 0 aliphatic heterocycles. The van der Waals surface area contributed by atoms with Crippen LogP contribution in [0.2, 0.25) is 5.02 Å². The molecule has 0 aliphatic rings. The molecule has 0 saturated carbocycles. The Hall–Kier alpha value is -3.04. The summed E-state index contributed by atoms with van der Waals surface area (Å²) in [6, 6.07) is 24.2. The van der Waals surface area contributed by atoms with Crippen LogP contribution in [0.5, 0.6) is 5.75 Å². The fraction of sp³-hybridized carbons (Fsp3) is 0.0870. The minimum absolute atomic E-state index is 0.112. The molecule has 0 heterocycles. The molecule has 3 nitrogen and oxygen atoms in total. The number of benzene rings is 3. The number of rotatable bonds is 6. The van der Waals surface area contributed by atoms with E-state index >= 15 is 0 Å². The molecule has 27 heavy (non-hydrogen) atoms. The second-order valence-corrected chi connectivity index (χ2v) is 6.28. The van der Waals surface area contributed by atoms with Crippen molar-refractivity contribution in [2.45, 2.75) is 6.61 Å². The maximum Gasteiger partial charge on any atom is 0.339 e. The fourth-order valence-electron chi connectivity index (χ4n) is 2.61. The van der Waals surface area contributed by atoms with Crippen molar-refractivity contribution < 1.29 is 14.3 Å². The second kappa shape index (κ2) is 9.06. The Bertz CT molecular complexity index is 949. The molecule has 0 bridgehead atoms. The van der Waals surface area contributed by atoms with Crippen molar-refractivity contribution in [1.29, 1.82) is 0 Å². The van der Waals surface area contributed by atoms with E-state index in [0.717, 1.165) is 22.4 Å². The van der Waals surface area contributed by atoms with Gasteiger partial charge in [-0.2, -0.15) is 0 Å². The van der Waals surface area contributed by atoms with Crippen LogP contribution in [0.1, 0.15) is 16.7 Å². The summed E-state index contributed by atoms with van der Waals surface area (Å²) in [5.74, 6) is 0.310. The molecule has 136 valence electrons. The molecule has 0 amide bonds. The summed E-state index contributed by atoms with van der Waals surface area (Å²) >= 11 is 6.15. The van der Waals surface area contributed by atoms with Gasteiger partial charge in [-0.25, -0.2) is 4.79 Å². The van der Waals surface area contributed by atoms with Gasteiger partial charge in [-0.15, -0.1) is 0 Å². The minimum atomic E-state index is -0.413. The van der Waals surface area contributed by atoms with Gasteiger partial charge in [0, 0.05) is 10.6 Å². The molecule has 3 rings (SSSR count). The largest absolute Gasteiger partial charge is 0.497 e. The van der Waals surface area contributed by atoms with Crippen molar-refractivity contribution in [3.63, 3.8) is 0 Å². The zero-order valence-corrected chi connectivity index (χ0v) is 15.6. The van der Waals surface area contributed by atoms with Gasteiger partial charge in [0.25, 0.3) is 0 Å². The highest BCUT2D eigenvalue weighted by Gasteiger charge is 2.15. The predicted molar refractivity (Wildman–Crippen MR) is 109 cm³/mol. The van der Waals surface area contributed by atoms with E-state index in [1.165, 1.54) is 0 Å². The van der Waals surface area contributed by atoms with Crippen molar-refractivity contribution in [1.82, 2.24) is 0 Å². The Morgan fingerprint density at radius 1 is 0.963 bits per heavy atom. The Morgan fingerprint density at radius 2 is 1.70 bits per heavy atom. The number of ether oxygens (including phenoxy) is 2. The van der Waals surface area contributed by atoms with Crippen LogP contribution in [0, 0.1) is 0 Å². The van der Waals surface area contributed by atoms with Crippen molar-refractivity contribution in [2.24, 2.45) is 0 Å². The molecule has 4 heteroatoms. The molecule has 0 radical (unpaired) electrons. The van der Waals surface area contributed by atoms with E-state index in [-0.39, 0.29) is 6.61 Å². The summed E-state index contributed by atoms with van der Waals surface area (Å²) in [5.41, 5.74) is 2.87. The van der Waals surface area contributed by atoms with Crippen LogP contribution in [0.15, 0.2) is 78.9 Å². The molecule has 0 atom stereocenters. The third kappa shape index (κ3) is 4.99. The topological polar surface area (TPSA) is 35.5 Å². The van der Waals surface area contributed by atoms with Crippen LogP contribution in [0.4, 0.5) is 0 Å². The maximum atomic E-state index is 12.8. The number of hydrogen-bond donors (Lipinski definition) is 0. The normalized spacial score (nSPS) is 11.1.